The first-order chi connectivity index (χ1) is 14.8. The van der Waals surface area contributed by atoms with E-state index in [0.29, 0.717) is 18.7 Å². The molecular weight excluding hydrogens is 404 g/mol. The van der Waals surface area contributed by atoms with E-state index in [1.54, 1.807) is 0 Å². The second-order valence-electron chi connectivity index (χ2n) is 7.66. The maximum Gasteiger partial charge on any atom is 0.302 e. The maximum absolute atomic E-state index is 12.8. The number of hydrogen-bond acceptors (Lipinski definition) is 7. The normalized spacial score (nSPS) is 14.0. The summed E-state index contributed by atoms with van der Waals surface area (Å²) in [5.74, 6) is -0.432. The van der Waals surface area contributed by atoms with Crippen LogP contribution in [-0.4, -0.2) is 53.3 Å². The first-order valence-electron chi connectivity index (χ1n) is 10.6. The average molecular weight is 434 g/mol. The second-order valence-corrected chi connectivity index (χ2v) is 7.66. The molecule has 0 bridgehead atoms. The number of rotatable bonds is 11. The highest BCUT2D eigenvalue weighted by Gasteiger charge is 2.25. The Hall–Kier alpha value is -2.97. The van der Waals surface area contributed by atoms with Gasteiger partial charge >= 0.3 is 5.97 Å². The molecule has 0 radical (unpaired) electrons. The number of nitro benzene ring substituents is 1. The summed E-state index contributed by atoms with van der Waals surface area (Å²) in [6.07, 6.45) is 6.00. The highest BCUT2D eigenvalue weighted by atomic mass is 16.6. The lowest BCUT2D eigenvalue weighted by Crippen LogP contribution is -2.43. The molecule has 0 heterocycles. The first-order valence-corrected chi connectivity index (χ1v) is 10.6. The Labute approximate surface area is 181 Å². The van der Waals surface area contributed by atoms with Gasteiger partial charge in [-0.1, -0.05) is 19.3 Å². The molecule has 1 aliphatic carbocycles. The Kier molecular flexibility index (Phi) is 9.42. The minimum atomic E-state index is -0.602. The summed E-state index contributed by atoms with van der Waals surface area (Å²) in [4.78, 5) is 47.7. The Morgan fingerprint density at radius 3 is 2.45 bits per heavy atom. The van der Waals surface area contributed by atoms with Crippen molar-refractivity contribution in [2.75, 3.05) is 19.8 Å². The van der Waals surface area contributed by atoms with Gasteiger partial charge in [-0.05, 0) is 38.3 Å². The molecule has 31 heavy (non-hydrogen) atoms. The Balaban J connectivity index is 1.89. The minimum absolute atomic E-state index is 0.00391. The van der Waals surface area contributed by atoms with E-state index in [-0.39, 0.29) is 48.8 Å². The molecule has 9 nitrogen and oxygen atoms in total. The highest BCUT2D eigenvalue weighted by molar-refractivity contribution is 5.98. The van der Waals surface area contributed by atoms with Crippen LogP contribution in [0.15, 0.2) is 18.2 Å². The zero-order valence-corrected chi connectivity index (χ0v) is 18.1. The number of benzene rings is 1. The number of nitrogens with zero attached hydrogens (tertiary/aromatic N) is 2. The highest BCUT2D eigenvalue weighted by Crippen LogP contribution is 2.25. The fourth-order valence-electron chi connectivity index (χ4n) is 3.79. The fourth-order valence-corrected chi connectivity index (χ4v) is 3.79. The van der Waals surface area contributed by atoms with Crippen molar-refractivity contribution in [3.63, 3.8) is 0 Å². The van der Waals surface area contributed by atoms with Gasteiger partial charge in [0.1, 0.15) is 12.4 Å². The zero-order valence-electron chi connectivity index (χ0n) is 18.1. The van der Waals surface area contributed by atoms with Crippen LogP contribution in [0.4, 0.5) is 5.69 Å². The van der Waals surface area contributed by atoms with Gasteiger partial charge in [0.05, 0.1) is 23.6 Å². The number of amides is 1. The van der Waals surface area contributed by atoms with Crippen LogP contribution in [0.5, 0.6) is 5.75 Å². The number of ketones is 1. The van der Waals surface area contributed by atoms with Gasteiger partial charge in [0.2, 0.25) is 5.91 Å². The molecule has 1 amide bonds. The van der Waals surface area contributed by atoms with Crippen LogP contribution >= 0.6 is 0 Å². The lowest BCUT2D eigenvalue weighted by molar-refractivity contribution is -0.385. The van der Waals surface area contributed by atoms with Crippen LogP contribution in [0, 0.1) is 10.1 Å². The minimum Gasteiger partial charge on any atom is -0.494 e. The van der Waals surface area contributed by atoms with E-state index in [2.05, 4.69) is 0 Å². The number of nitro groups is 1. The topological polar surface area (TPSA) is 116 Å². The number of esters is 1. The largest absolute Gasteiger partial charge is 0.494 e. The molecule has 0 aromatic heterocycles. The SMILES string of the molecule is CC(=O)OCCN(C(=O)CCCOc1ccc([N+](=O)[O-])c(C(C)=O)c1)C1CCCCC1. The number of carbonyl (C=O) groups is 3. The lowest BCUT2D eigenvalue weighted by Gasteiger charge is -2.34. The predicted octanol–water partition coefficient (Wildman–Crippen LogP) is 3.68. The third kappa shape index (κ3) is 7.66. The number of ether oxygens (including phenoxy) is 2. The summed E-state index contributed by atoms with van der Waals surface area (Å²) in [6, 6.07) is 4.22. The van der Waals surface area contributed by atoms with E-state index in [4.69, 9.17) is 9.47 Å². The van der Waals surface area contributed by atoms with Crippen LogP contribution in [0.3, 0.4) is 0 Å². The summed E-state index contributed by atoms with van der Waals surface area (Å²) in [5.41, 5.74) is -0.265. The summed E-state index contributed by atoms with van der Waals surface area (Å²) in [7, 11) is 0. The van der Waals surface area contributed by atoms with E-state index in [1.807, 2.05) is 4.90 Å². The third-order valence-electron chi connectivity index (χ3n) is 5.32. The molecule has 170 valence electrons. The number of hydrogen-bond donors (Lipinski definition) is 0. The van der Waals surface area contributed by atoms with Gasteiger partial charge < -0.3 is 14.4 Å². The van der Waals surface area contributed by atoms with Gasteiger partial charge in [0.25, 0.3) is 5.69 Å². The third-order valence-corrected chi connectivity index (χ3v) is 5.32. The van der Waals surface area contributed by atoms with Gasteiger partial charge in [-0.2, -0.15) is 0 Å². The molecule has 1 aromatic rings. The van der Waals surface area contributed by atoms with Crippen LogP contribution in [0.25, 0.3) is 0 Å². The summed E-state index contributed by atoms with van der Waals surface area (Å²) in [6.45, 7) is 3.42. The molecule has 0 aliphatic heterocycles. The second kappa shape index (κ2) is 12.0. The first kappa shape index (κ1) is 24.3. The molecule has 9 heteroatoms. The Morgan fingerprint density at radius 1 is 1.13 bits per heavy atom. The van der Waals surface area contributed by atoms with E-state index < -0.39 is 10.7 Å². The molecule has 0 atom stereocenters. The van der Waals surface area contributed by atoms with Crippen molar-refractivity contribution in [2.45, 2.75) is 64.8 Å². The zero-order chi connectivity index (χ0) is 22.8. The van der Waals surface area contributed by atoms with Crippen LogP contribution < -0.4 is 4.74 Å². The van der Waals surface area contributed by atoms with Gasteiger partial charge in [-0.15, -0.1) is 0 Å². The van der Waals surface area contributed by atoms with Crippen molar-refractivity contribution < 1.29 is 28.8 Å². The van der Waals surface area contributed by atoms with Crippen LogP contribution in [0.1, 0.15) is 69.2 Å². The molecule has 1 saturated carbocycles. The molecule has 0 saturated heterocycles. The van der Waals surface area contributed by atoms with Gasteiger partial charge in [0.15, 0.2) is 5.78 Å². The monoisotopic (exact) mass is 434 g/mol. The van der Waals surface area contributed by atoms with Crippen molar-refractivity contribution in [3.8, 4) is 5.75 Å². The number of Topliss-reactive ketones (excluding diaryl/α,β-unsaturated/α-hetero) is 1. The van der Waals surface area contributed by atoms with Crippen molar-refractivity contribution >= 4 is 23.3 Å². The quantitative estimate of drug-likeness (QED) is 0.171. The lowest BCUT2D eigenvalue weighted by atomic mass is 9.94. The predicted molar refractivity (Wildman–Crippen MR) is 113 cm³/mol. The molecule has 1 aromatic carbocycles. The summed E-state index contributed by atoms with van der Waals surface area (Å²) in [5, 5.41) is 11.0. The van der Waals surface area contributed by atoms with Gasteiger partial charge in [-0.3, -0.25) is 24.5 Å². The molecule has 1 aliphatic rings. The molecule has 0 N–H and O–H groups in total. The van der Waals surface area contributed by atoms with Crippen LogP contribution in [-0.2, 0) is 14.3 Å². The van der Waals surface area contributed by atoms with Gasteiger partial charge in [0, 0.05) is 25.5 Å². The summed E-state index contributed by atoms with van der Waals surface area (Å²) >= 11 is 0. The van der Waals surface area contributed by atoms with E-state index in [0.717, 1.165) is 25.7 Å². The van der Waals surface area contributed by atoms with Crippen molar-refractivity contribution in [3.05, 3.63) is 33.9 Å². The van der Waals surface area contributed by atoms with Crippen LogP contribution in [0.2, 0.25) is 0 Å². The van der Waals surface area contributed by atoms with Gasteiger partial charge in [-0.25, -0.2) is 0 Å². The molecule has 2 rings (SSSR count). The van der Waals surface area contributed by atoms with Crippen molar-refractivity contribution in [1.29, 1.82) is 0 Å². The Bertz CT molecular complexity index is 803. The Morgan fingerprint density at radius 2 is 1.84 bits per heavy atom. The molecule has 0 spiro atoms. The number of carbonyl (C=O) groups excluding carboxylic acids is 3. The molecular formula is C22H30N2O7. The van der Waals surface area contributed by atoms with E-state index >= 15 is 0 Å². The van der Waals surface area contributed by atoms with Crippen molar-refractivity contribution in [1.82, 2.24) is 4.90 Å². The standard InChI is InChI=1S/C22H30N2O7/c1-16(25)20-15-19(10-11-21(20)24(28)29)31-13-6-9-22(27)23(12-14-30-17(2)26)18-7-4-3-5-8-18/h10-11,15,18H,3-9,12-14H2,1-2H3. The summed E-state index contributed by atoms with van der Waals surface area (Å²) < 4.78 is 10.6. The van der Waals surface area contributed by atoms with E-state index in [9.17, 15) is 24.5 Å². The van der Waals surface area contributed by atoms with E-state index in [1.165, 1.54) is 38.5 Å². The molecule has 1 fully saturated rings. The average Bonchev–Trinajstić information content (AvgIpc) is 2.74. The van der Waals surface area contributed by atoms with Crippen molar-refractivity contribution in [2.24, 2.45) is 0 Å². The molecule has 0 unspecified atom stereocenters. The fraction of sp³-hybridized carbons (Fsp3) is 0.591. The smallest absolute Gasteiger partial charge is 0.302 e. The maximum atomic E-state index is 12.8.